The van der Waals surface area contributed by atoms with Crippen LogP contribution in [0.4, 0.5) is 0 Å². The van der Waals surface area contributed by atoms with Crippen molar-refractivity contribution in [3.05, 3.63) is 47.3 Å². The van der Waals surface area contributed by atoms with Gasteiger partial charge in [0, 0.05) is 51.0 Å². The molecule has 7 nitrogen and oxygen atoms in total. The van der Waals surface area contributed by atoms with Crippen molar-refractivity contribution in [2.45, 2.75) is 26.1 Å². The maximum atomic E-state index is 10.2. The highest BCUT2D eigenvalue weighted by Crippen LogP contribution is 2.14. The molecule has 0 unspecified atom stereocenters. The van der Waals surface area contributed by atoms with E-state index in [4.69, 9.17) is 9.47 Å². The molecule has 0 bridgehead atoms. The molecule has 1 fully saturated rings. The summed E-state index contributed by atoms with van der Waals surface area (Å²) in [6, 6.07) is 8.00. The lowest BCUT2D eigenvalue weighted by molar-refractivity contribution is 0.00465. The highest BCUT2D eigenvalue weighted by molar-refractivity contribution is 5.28. The number of morpholine rings is 1. The van der Waals surface area contributed by atoms with Crippen molar-refractivity contribution in [1.29, 1.82) is 0 Å². The summed E-state index contributed by atoms with van der Waals surface area (Å²) in [5.41, 5.74) is 3.53. The molecule has 1 saturated heterocycles. The van der Waals surface area contributed by atoms with E-state index in [0.29, 0.717) is 13.2 Å². The smallest absolute Gasteiger partial charge is 0.119 e. The molecule has 27 heavy (non-hydrogen) atoms. The molecule has 0 radical (unpaired) electrons. The van der Waals surface area contributed by atoms with E-state index in [9.17, 15) is 5.11 Å². The van der Waals surface area contributed by atoms with E-state index in [1.807, 2.05) is 36.1 Å². The van der Waals surface area contributed by atoms with Gasteiger partial charge in [-0.2, -0.15) is 5.10 Å². The third kappa shape index (κ3) is 6.04. The molecule has 0 spiro atoms. The Morgan fingerprint density at radius 2 is 2.11 bits per heavy atom. The fourth-order valence-electron chi connectivity index (χ4n) is 3.13. The molecular formula is C20H30N4O3. The van der Waals surface area contributed by atoms with Crippen LogP contribution in [0.1, 0.15) is 16.8 Å². The number of ether oxygens (including phenoxy) is 2. The molecule has 0 amide bonds. The van der Waals surface area contributed by atoms with Crippen molar-refractivity contribution in [3.63, 3.8) is 0 Å². The molecule has 1 atom stereocenters. The van der Waals surface area contributed by atoms with Gasteiger partial charge in [-0.3, -0.25) is 9.58 Å². The minimum Gasteiger partial charge on any atom is -0.491 e. The van der Waals surface area contributed by atoms with E-state index in [-0.39, 0.29) is 0 Å². The molecule has 2 N–H and O–H groups in total. The molecule has 148 valence electrons. The topological polar surface area (TPSA) is 71.8 Å². The highest BCUT2D eigenvalue weighted by atomic mass is 16.5. The number of β-amino-alcohol motifs (C(OH)–C–C–N with tert-alkyl or cyclic N) is 1. The van der Waals surface area contributed by atoms with Crippen LogP contribution in [0.25, 0.3) is 0 Å². The number of rotatable bonds is 9. The van der Waals surface area contributed by atoms with Gasteiger partial charge in [-0.25, -0.2) is 0 Å². The quantitative estimate of drug-likeness (QED) is 0.685. The second-order valence-electron chi connectivity index (χ2n) is 7.01. The highest BCUT2D eigenvalue weighted by Gasteiger charge is 2.15. The third-order valence-electron chi connectivity index (χ3n) is 4.89. The van der Waals surface area contributed by atoms with Gasteiger partial charge in [0.05, 0.1) is 19.4 Å². The van der Waals surface area contributed by atoms with E-state index >= 15 is 0 Å². The number of nitrogens with one attached hydrogen (secondary N) is 1. The third-order valence-corrected chi connectivity index (χ3v) is 4.89. The van der Waals surface area contributed by atoms with Crippen LogP contribution in [0, 0.1) is 6.92 Å². The van der Waals surface area contributed by atoms with Gasteiger partial charge in [0.1, 0.15) is 18.5 Å². The van der Waals surface area contributed by atoms with E-state index < -0.39 is 6.10 Å². The summed E-state index contributed by atoms with van der Waals surface area (Å²) in [5.74, 6) is 0.785. The van der Waals surface area contributed by atoms with Crippen LogP contribution in [-0.4, -0.2) is 65.3 Å². The van der Waals surface area contributed by atoms with Gasteiger partial charge in [0.15, 0.2) is 0 Å². The lowest BCUT2D eigenvalue weighted by atomic mass is 10.2. The first-order chi connectivity index (χ1) is 13.1. The van der Waals surface area contributed by atoms with Crippen molar-refractivity contribution < 1.29 is 14.6 Å². The Labute approximate surface area is 160 Å². The monoisotopic (exact) mass is 374 g/mol. The fraction of sp³-hybridized carbons (Fsp3) is 0.550. The van der Waals surface area contributed by atoms with Gasteiger partial charge in [0.2, 0.25) is 0 Å². The number of benzene rings is 1. The largest absolute Gasteiger partial charge is 0.491 e. The Hall–Kier alpha value is -1.93. The summed E-state index contributed by atoms with van der Waals surface area (Å²) in [7, 11) is 1.95. The lowest BCUT2D eigenvalue weighted by Gasteiger charge is -2.28. The van der Waals surface area contributed by atoms with Crippen molar-refractivity contribution >= 4 is 0 Å². The van der Waals surface area contributed by atoms with Crippen LogP contribution in [0.5, 0.6) is 5.75 Å². The predicted molar refractivity (Wildman–Crippen MR) is 104 cm³/mol. The number of aromatic nitrogens is 2. The van der Waals surface area contributed by atoms with Crippen LogP contribution in [0.15, 0.2) is 30.5 Å². The second-order valence-corrected chi connectivity index (χ2v) is 7.01. The molecule has 0 saturated carbocycles. The molecule has 1 aromatic carbocycles. The average molecular weight is 374 g/mol. The Morgan fingerprint density at radius 1 is 1.30 bits per heavy atom. The first-order valence-corrected chi connectivity index (χ1v) is 9.50. The molecule has 2 aromatic rings. The molecule has 1 aliphatic heterocycles. The first-order valence-electron chi connectivity index (χ1n) is 9.50. The number of aliphatic hydroxyl groups excluding tert-OH is 1. The van der Waals surface area contributed by atoms with E-state index in [1.54, 1.807) is 0 Å². The maximum absolute atomic E-state index is 10.2. The van der Waals surface area contributed by atoms with Crippen LogP contribution in [0.3, 0.4) is 0 Å². The van der Waals surface area contributed by atoms with Crippen molar-refractivity contribution in [2.24, 2.45) is 7.05 Å². The summed E-state index contributed by atoms with van der Waals surface area (Å²) in [5, 5.41) is 17.9. The van der Waals surface area contributed by atoms with Crippen molar-refractivity contribution in [2.75, 3.05) is 39.5 Å². The van der Waals surface area contributed by atoms with E-state index in [2.05, 4.69) is 28.3 Å². The summed E-state index contributed by atoms with van der Waals surface area (Å²) in [4.78, 5) is 2.21. The van der Waals surface area contributed by atoms with Crippen LogP contribution in [-0.2, 0) is 24.9 Å². The fourth-order valence-corrected chi connectivity index (χ4v) is 3.13. The number of hydrogen-bond donors (Lipinski definition) is 2. The van der Waals surface area contributed by atoms with Gasteiger partial charge in [-0.1, -0.05) is 12.1 Å². The molecular weight excluding hydrogens is 344 g/mol. The van der Waals surface area contributed by atoms with Crippen LogP contribution in [0.2, 0.25) is 0 Å². The van der Waals surface area contributed by atoms with Gasteiger partial charge < -0.3 is 19.9 Å². The molecule has 2 heterocycles. The van der Waals surface area contributed by atoms with Gasteiger partial charge >= 0.3 is 0 Å². The van der Waals surface area contributed by atoms with Gasteiger partial charge in [-0.05, 0) is 24.6 Å². The molecule has 7 heteroatoms. The summed E-state index contributed by atoms with van der Waals surface area (Å²) < 4.78 is 13.0. The summed E-state index contributed by atoms with van der Waals surface area (Å²) in [6.45, 7) is 7.73. The number of aliphatic hydroxyl groups is 1. The zero-order valence-electron chi connectivity index (χ0n) is 16.2. The number of nitrogens with zero attached hydrogens (tertiary/aromatic N) is 3. The van der Waals surface area contributed by atoms with Crippen molar-refractivity contribution in [1.82, 2.24) is 20.0 Å². The summed E-state index contributed by atoms with van der Waals surface area (Å²) >= 11 is 0. The van der Waals surface area contributed by atoms with Crippen molar-refractivity contribution in [3.8, 4) is 5.75 Å². The van der Waals surface area contributed by atoms with Gasteiger partial charge in [-0.15, -0.1) is 0 Å². The lowest BCUT2D eigenvalue weighted by Crippen LogP contribution is -2.42. The minimum atomic E-state index is -0.501. The summed E-state index contributed by atoms with van der Waals surface area (Å²) in [6.07, 6.45) is 1.40. The van der Waals surface area contributed by atoms with E-state index in [0.717, 1.165) is 50.7 Å². The standard InChI is InChI=1S/C20H30N4O3/c1-16-18(13-22-23(16)2)12-21-11-17-4-3-5-20(10-17)27-15-19(25)14-24-6-8-26-9-7-24/h3-5,10,13,19,21,25H,6-9,11-12,14-15H2,1-2H3/t19-/m1/s1. The Morgan fingerprint density at radius 3 is 2.85 bits per heavy atom. The Kier molecular flexibility index (Phi) is 7.23. The molecule has 1 aliphatic rings. The predicted octanol–water partition coefficient (Wildman–Crippen LogP) is 1.09. The number of hydrogen-bond acceptors (Lipinski definition) is 6. The number of aryl methyl sites for hydroxylation is 1. The molecule has 3 rings (SSSR count). The molecule has 1 aromatic heterocycles. The Bertz CT molecular complexity index is 713. The first kappa shape index (κ1) is 19.8. The van der Waals surface area contributed by atoms with E-state index in [1.165, 1.54) is 11.3 Å². The normalized spacial score (nSPS) is 16.4. The zero-order chi connectivity index (χ0) is 19.1. The molecule has 0 aliphatic carbocycles. The Balaban J connectivity index is 1.42. The van der Waals surface area contributed by atoms with Crippen LogP contribution >= 0.6 is 0 Å². The minimum absolute atomic E-state index is 0.295. The zero-order valence-corrected chi connectivity index (χ0v) is 16.2. The SMILES string of the molecule is Cc1c(CNCc2cccc(OC[C@H](O)CN3CCOCC3)c2)cnn1C. The van der Waals surface area contributed by atoms with Crippen LogP contribution < -0.4 is 10.1 Å². The van der Waals surface area contributed by atoms with Gasteiger partial charge in [0.25, 0.3) is 0 Å². The second kappa shape index (κ2) is 9.85. The maximum Gasteiger partial charge on any atom is 0.119 e. The average Bonchev–Trinajstić information content (AvgIpc) is 3.00.